The number of carbonyl (C=O) groups excluding carboxylic acids is 1. The minimum absolute atomic E-state index is 0.0852. The van der Waals surface area contributed by atoms with Crippen LogP contribution in [0.2, 0.25) is 0 Å². The van der Waals surface area contributed by atoms with E-state index >= 15 is 0 Å². The van der Waals surface area contributed by atoms with Crippen molar-refractivity contribution in [2.24, 2.45) is 0 Å². The number of carbonyl (C=O) groups is 1. The third-order valence-corrected chi connectivity index (χ3v) is 5.50. The van der Waals surface area contributed by atoms with Gasteiger partial charge in [-0.05, 0) is 73.4 Å². The van der Waals surface area contributed by atoms with Crippen molar-refractivity contribution in [3.63, 3.8) is 0 Å². The molecule has 0 spiro atoms. The van der Waals surface area contributed by atoms with Gasteiger partial charge >= 0.3 is 0 Å². The van der Waals surface area contributed by atoms with E-state index in [-0.39, 0.29) is 18.1 Å². The standard InChI is InChI=1S/C27H27N3O3/c1-17(2)22-14-9-18(3)15-25(22)33-16-26(31)29-20-10-12-21(13-11-20)30-19(4)28-24-8-6-5-7-23(24)27(30)32/h5-15,17H,16H2,1-4H3,(H,29,31). The Labute approximate surface area is 192 Å². The van der Waals surface area contributed by atoms with Crippen LogP contribution < -0.4 is 15.6 Å². The molecule has 0 aliphatic carbocycles. The van der Waals surface area contributed by atoms with Crippen LogP contribution in [-0.4, -0.2) is 22.1 Å². The summed E-state index contributed by atoms with van der Waals surface area (Å²) < 4.78 is 7.38. The van der Waals surface area contributed by atoms with Crippen LogP contribution in [0.4, 0.5) is 5.69 Å². The Balaban J connectivity index is 1.48. The van der Waals surface area contributed by atoms with E-state index in [0.29, 0.717) is 34.0 Å². The number of rotatable bonds is 6. The summed E-state index contributed by atoms with van der Waals surface area (Å²) >= 11 is 0. The maximum atomic E-state index is 13.0. The summed E-state index contributed by atoms with van der Waals surface area (Å²) in [5, 5.41) is 3.41. The van der Waals surface area contributed by atoms with Crippen LogP contribution in [0.1, 0.15) is 36.7 Å². The minimum Gasteiger partial charge on any atom is -0.483 e. The number of fused-ring (bicyclic) bond motifs is 1. The van der Waals surface area contributed by atoms with Crippen LogP contribution in [-0.2, 0) is 4.79 Å². The predicted molar refractivity (Wildman–Crippen MR) is 131 cm³/mol. The van der Waals surface area contributed by atoms with Gasteiger partial charge in [-0.15, -0.1) is 0 Å². The molecular formula is C27H27N3O3. The van der Waals surface area contributed by atoms with Gasteiger partial charge < -0.3 is 10.1 Å². The first kappa shape index (κ1) is 22.3. The molecule has 0 saturated carbocycles. The average molecular weight is 442 g/mol. The number of amides is 1. The number of para-hydroxylation sites is 1. The van der Waals surface area contributed by atoms with Gasteiger partial charge in [0.15, 0.2) is 6.61 Å². The van der Waals surface area contributed by atoms with Crippen molar-refractivity contribution >= 4 is 22.5 Å². The minimum atomic E-state index is -0.250. The Bertz CT molecular complexity index is 1370. The van der Waals surface area contributed by atoms with Crippen molar-refractivity contribution in [3.05, 3.63) is 94.0 Å². The number of aromatic nitrogens is 2. The highest BCUT2D eigenvalue weighted by molar-refractivity contribution is 5.92. The van der Waals surface area contributed by atoms with Gasteiger partial charge in [0.1, 0.15) is 11.6 Å². The van der Waals surface area contributed by atoms with Crippen LogP contribution in [0.15, 0.2) is 71.5 Å². The Morgan fingerprint density at radius 3 is 2.48 bits per heavy atom. The summed E-state index contributed by atoms with van der Waals surface area (Å²) in [7, 11) is 0. The third kappa shape index (κ3) is 4.80. The zero-order valence-corrected chi connectivity index (χ0v) is 19.3. The monoisotopic (exact) mass is 441 g/mol. The van der Waals surface area contributed by atoms with Crippen LogP contribution in [0.25, 0.3) is 16.6 Å². The van der Waals surface area contributed by atoms with Gasteiger partial charge in [0.05, 0.1) is 16.6 Å². The van der Waals surface area contributed by atoms with Crippen LogP contribution in [0.5, 0.6) is 5.75 Å². The second-order valence-electron chi connectivity index (χ2n) is 8.40. The quantitative estimate of drug-likeness (QED) is 0.449. The molecule has 0 unspecified atom stereocenters. The summed E-state index contributed by atoms with van der Waals surface area (Å²) in [6.07, 6.45) is 0. The molecule has 0 radical (unpaired) electrons. The Hall–Kier alpha value is -3.93. The Morgan fingerprint density at radius 1 is 1.03 bits per heavy atom. The van der Waals surface area contributed by atoms with Crippen LogP contribution >= 0.6 is 0 Å². The van der Waals surface area contributed by atoms with Gasteiger partial charge in [0.2, 0.25) is 0 Å². The molecule has 1 aromatic heterocycles. The van der Waals surface area contributed by atoms with Gasteiger partial charge in [-0.1, -0.05) is 38.1 Å². The molecule has 3 aromatic carbocycles. The zero-order chi connectivity index (χ0) is 23.5. The predicted octanol–water partition coefficient (Wildman–Crippen LogP) is 5.14. The van der Waals surface area contributed by atoms with Gasteiger partial charge in [-0.25, -0.2) is 4.98 Å². The van der Waals surface area contributed by atoms with E-state index in [1.807, 2.05) is 43.3 Å². The lowest BCUT2D eigenvalue weighted by molar-refractivity contribution is -0.118. The number of ether oxygens (including phenoxy) is 1. The summed E-state index contributed by atoms with van der Waals surface area (Å²) in [4.78, 5) is 30.0. The molecule has 0 fully saturated rings. The first-order chi connectivity index (χ1) is 15.8. The van der Waals surface area contributed by atoms with Crippen molar-refractivity contribution in [3.8, 4) is 11.4 Å². The molecular weight excluding hydrogens is 414 g/mol. The molecule has 6 nitrogen and oxygen atoms in total. The number of aryl methyl sites for hydroxylation is 2. The fraction of sp³-hybridized carbons (Fsp3) is 0.222. The molecule has 0 bridgehead atoms. The Kier molecular flexibility index (Phi) is 6.27. The molecule has 1 heterocycles. The second kappa shape index (κ2) is 9.28. The van der Waals surface area contributed by atoms with Crippen molar-refractivity contribution in [2.75, 3.05) is 11.9 Å². The molecule has 0 aliphatic rings. The van der Waals surface area contributed by atoms with Gasteiger partial charge in [0.25, 0.3) is 11.5 Å². The lowest BCUT2D eigenvalue weighted by Gasteiger charge is -2.15. The van der Waals surface area contributed by atoms with E-state index in [1.165, 1.54) is 0 Å². The molecule has 33 heavy (non-hydrogen) atoms. The van der Waals surface area contributed by atoms with Gasteiger partial charge in [0, 0.05) is 5.69 Å². The molecule has 0 atom stereocenters. The van der Waals surface area contributed by atoms with E-state index < -0.39 is 0 Å². The van der Waals surface area contributed by atoms with Crippen LogP contribution in [0, 0.1) is 13.8 Å². The lowest BCUT2D eigenvalue weighted by atomic mass is 10.0. The molecule has 0 saturated heterocycles. The zero-order valence-electron chi connectivity index (χ0n) is 19.3. The Morgan fingerprint density at radius 2 is 1.76 bits per heavy atom. The largest absolute Gasteiger partial charge is 0.483 e. The van der Waals surface area contributed by atoms with Crippen molar-refractivity contribution in [1.29, 1.82) is 0 Å². The maximum Gasteiger partial charge on any atom is 0.265 e. The third-order valence-electron chi connectivity index (χ3n) is 5.50. The number of hydrogen-bond donors (Lipinski definition) is 1. The first-order valence-corrected chi connectivity index (χ1v) is 11.0. The molecule has 6 heteroatoms. The highest BCUT2D eigenvalue weighted by Gasteiger charge is 2.12. The van der Waals surface area contributed by atoms with Gasteiger partial charge in [-0.2, -0.15) is 0 Å². The molecule has 4 aromatic rings. The van der Waals surface area contributed by atoms with E-state index in [1.54, 1.807) is 41.8 Å². The molecule has 168 valence electrons. The molecule has 1 N–H and O–H groups in total. The maximum absolute atomic E-state index is 13.0. The lowest BCUT2D eigenvalue weighted by Crippen LogP contribution is -2.22. The van der Waals surface area contributed by atoms with E-state index in [4.69, 9.17) is 4.74 Å². The SMILES string of the molecule is Cc1ccc(C(C)C)c(OCC(=O)Nc2ccc(-n3c(C)nc4ccccc4c3=O)cc2)c1. The normalized spacial score (nSPS) is 11.1. The number of nitrogens with zero attached hydrogens (tertiary/aromatic N) is 2. The number of anilines is 1. The summed E-state index contributed by atoms with van der Waals surface area (Å²) in [6, 6.07) is 20.4. The molecule has 1 amide bonds. The highest BCUT2D eigenvalue weighted by Crippen LogP contribution is 2.27. The fourth-order valence-electron chi connectivity index (χ4n) is 3.83. The van der Waals surface area contributed by atoms with Crippen molar-refractivity contribution < 1.29 is 9.53 Å². The van der Waals surface area contributed by atoms with E-state index in [0.717, 1.165) is 16.9 Å². The topological polar surface area (TPSA) is 73.2 Å². The van der Waals surface area contributed by atoms with Gasteiger partial charge in [-0.3, -0.25) is 14.2 Å². The average Bonchev–Trinajstić information content (AvgIpc) is 2.78. The summed E-state index contributed by atoms with van der Waals surface area (Å²) in [5.74, 6) is 1.38. The number of hydrogen-bond acceptors (Lipinski definition) is 4. The second-order valence-corrected chi connectivity index (χ2v) is 8.40. The van der Waals surface area contributed by atoms with E-state index in [2.05, 4.69) is 24.1 Å². The van der Waals surface area contributed by atoms with Crippen LogP contribution in [0.3, 0.4) is 0 Å². The molecule has 0 aliphatic heterocycles. The molecule has 4 rings (SSSR count). The summed E-state index contributed by atoms with van der Waals surface area (Å²) in [6.45, 7) is 7.90. The van der Waals surface area contributed by atoms with E-state index in [9.17, 15) is 9.59 Å². The highest BCUT2D eigenvalue weighted by atomic mass is 16.5. The van der Waals surface area contributed by atoms with Crippen molar-refractivity contribution in [1.82, 2.24) is 9.55 Å². The number of benzene rings is 3. The summed E-state index contributed by atoms with van der Waals surface area (Å²) in [5.41, 5.74) is 4.02. The smallest absolute Gasteiger partial charge is 0.265 e. The number of nitrogens with one attached hydrogen (secondary N) is 1. The first-order valence-electron chi connectivity index (χ1n) is 11.0. The van der Waals surface area contributed by atoms with Crippen molar-refractivity contribution in [2.45, 2.75) is 33.6 Å². The fourth-order valence-corrected chi connectivity index (χ4v) is 3.83.